The van der Waals surface area contributed by atoms with E-state index in [-0.39, 0.29) is 6.61 Å². The average Bonchev–Trinajstić information content (AvgIpc) is 2.79. The molecule has 2 aromatic rings. The zero-order valence-corrected chi connectivity index (χ0v) is 9.13. The van der Waals surface area contributed by atoms with Crippen LogP contribution in [0.15, 0.2) is 41.8 Å². The predicted octanol–water partition coefficient (Wildman–Crippen LogP) is 2.85. The van der Waals surface area contributed by atoms with Crippen LogP contribution in [0.4, 0.5) is 5.69 Å². The van der Waals surface area contributed by atoms with Crippen molar-refractivity contribution in [2.45, 2.75) is 13.2 Å². The smallest absolute Gasteiger partial charge is 0.0701 e. The highest BCUT2D eigenvalue weighted by Gasteiger charge is 1.99. The lowest BCUT2D eigenvalue weighted by molar-refractivity contribution is 0.282. The van der Waals surface area contributed by atoms with Crippen molar-refractivity contribution >= 4 is 17.0 Å². The zero-order chi connectivity index (χ0) is 10.5. The summed E-state index contributed by atoms with van der Waals surface area (Å²) in [5, 5.41) is 14.5. The second-order valence-electron chi connectivity index (χ2n) is 3.25. The molecule has 0 aliphatic rings. The number of thiophene rings is 1. The van der Waals surface area contributed by atoms with Crippen LogP contribution in [-0.4, -0.2) is 5.11 Å². The molecule has 0 unspecified atom stereocenters. The van der Waals surface area contributed by atoms with Gasteiger partial charge in [-0.1, -0.05) is 24.3 Å². The van der Waals surface area contributed by atoms with Gasteiger partial charge in [-0.15, -0.1) is 11.3 Å². The number of hydrogen-bond donors (Lipinski definition) is 2. The summed E-state index contributed by atoms with van der Waals surface area (Å²) in [5.41, 5.74) is 1.95. The molecular weight excluding hydrogens is 206 g/mol. The van der Waals surface area contributed by atoms with Crippen LogP contribution >= 0.6 is 11.3 Å². The minimum absolute atomic E-state index is 0.0770. The number of hydrogen-bond acceptors (Lipinski definition) is 3. The minimum Gasteiger partial charge on any atom is -0.392 e. The molecule has 15 heavy (non-hydrogen) atoms. The zero-order valence-electron chi connectivity index (χ0n) is 8.31. The first-order valence-electron chi connectivity index (χ1n) is 4.85. The average molecular weight is 219 g/mol. The molecule has 0 saturated carbocycles. The highest BCUT2D eigenvalue weighted by molar-refractivity contribution is 7.09. The first kappa shape index (κ1) is 10.2. The van der Waals surface area contributed by atoms with E-state index in [1.807, 2.05) is 30.3 Å². The molecule has 0 aliphatic carbocycles. The molecule has 0 saturated heterocycles. The van der Waals surface area contributed by atoms with Crippen LogP contribution in [0.25, 0.3) is 0 Å². The highest BCUT2D eigenvalue weighted by atomic mass is 32.1. The maximum absolute atomic E-state index is 9.14. The third-order valence-electron chi connectivity index (χ3n) is 2.22. The predicted molar refractivity (Wildman–Crippen MR) is 64.0 cm³/mol. The molecule has 2 N–H and O–H groups in total. The van der Waals surface area contributed by atoms with Gasteiger partial charge in [0, 0.05) is 22.7 Å². The standard InChI is InChI=1S/C12H13NOS/c14-9-10-4-1-2-6-12(10)13-8-11-5-3-7-15-11/h1-7,13-14H,8-9H2. The molecule has 0 fully saturated rings. The monoisotopic (exact) mass is 219 g/mol. The van der Waals surface area contributed by atoms with E-state index in [9.17, 15) is 0 Å². The van der Waals surface area contributed by atoms with Crippen molar-refractivity contribution in [1.82, 2.24) is 0 Å². The van der Waals surface area contributed by atoms with Gasteiger partial charge in [0.25, 0.3) is 0 Å². The van der Waals surface area contributed by atoms with Crippen LogP contribution in [0.1, 0.15) is 10.4 Å². The van der Waals surface area contributed by atoms with Crippen LogP contribution in [0.2, 0.25) is 0 Å². The fraction of sp³-hybridized carbons (Fsp3) is 0.167. The summed E-state index contributed by atoms with van der Waals surface area (Å²) in [6.07, 6.45) is 0. The number of aliphatic hydroxyl groups excluding tert-OH is 1. The molecule has 3 heteroatoms. The Morgan fingerprint density at radius 1 is 1.13 bits per heavy atom. The number of anilines is 1. The summed E-state index contributed by atoms with van der Waals surface area (Å²) >= 11 is 1.73. The van der Waals surface area contributed by atoms with Crippen molar-refractivity contribution in [2.75, 3.05) is 5.32 Å². The molecule has 2 nitrogen and oxygen atoms in total. The lowest BCUT2D eigenvalue weighted by atomic mass is 10.2. The maximum Gasteiger partial charge on any atom is 0.0701 e. The van der Waals surface area contributed by atoms with E-state index in [0.29, 0.717) is 0 Å². The maximum atomic E-state index is 9.14. The number of nitrogens with one attached hydrogen (secondary N) is 1. The van der Waals surface area contributed by atoms with Gasteiger partial charge in [-0.2, -0.15) is 0 Å². The van der Waals surface area contributed by atoms with Crippen molar-refractivity contribution in [1.29, 1.82) is 0 Å². The summed E-state index contributed by atoms with van der Waals surface area (Å²) in [7, 11) is 0. The lowest BCUT2D eigenvalue weighted by Crippen LogP contribution is -2.00. The van der Waals surface area contributed by atoms with Crippen molar-refractivity contribution in [3.63, 3.8) is 0 Å². The highest BCUT2D eigenvalue weighted by Crippen LogP contribution is 2.17. The summed E-state index contributed by atoms with van der Waals surface area (Å²) < 4.78 is 0. The minimum atomic E-state index is 0.0770. The Kier molecular flexibility index (Phi) is 3.37. The van der Waals surface area contributed by atoms with E-state index < -0.39 is 0 Å². The molecule has 2 rings (SSSR count). The summed E-state index contributed by atoms with van der Waals surface area (Å²) in [5.74, 6) is 0. The quantitative estimate of drug-likeness (QED) is 0.828. The molecule has 78 valence electrons. The molecule has 0 atom stereocenters. The number of benzene rings is 1. The second kappa shape index (κ2) is 4.96. The number of aliphatic hydroxyl groups is 1. The Bertz CT molecular complexity index is 411. The normalized spacial score (nSPS) is 10.2. The molecule has 0 radical (unpaired) electrons. The van der Waals surface area contributed by atoms with E-state index >= 15 is 0 Å². The molecule has 1 aromatic carbocycles. The third kappa shape index (κ3) is 2.58. The van der Waals surface area contributed by atoms with Crippen LogP contribution in [0, 0.1) is 0 Å². The summed E-state index contributed by atoms with van der Waals surface area (Å²) in [6, 6.07) is 12.0. The summed E-state index contributed by atoms with van der Waals surface area (Å²) in [6.45, 7) is 0.891. The topological polar surface area (TPSA) is 32.3 Å². The van der Waals surface area contributed by atoms with Gasteiger partial charge in [0.2, 0.25) is 0 Å². The van der Waals surface area contributed by atoms with Crippen molar-refractivity contribution in [3.05, 3.63) is 52.2 Å². The van der Waals surface area contributed by atoms with Gasteiger partial charge in [0.15, 0.2) is 0 Å². The molecule has 0 spiro atoms. The van der Waals surface area contributed by atoms with Gasteiger partial charge in [0.05, 0.1) is 6.61 Å². The van der Waals surface area contributed by atoms with Gasteiger partial charge in [-0.25, -0.2) is 0 Å². The fourth-order valence-electron chi connectivity index (χ4n) is 1.43. The summed E-state index contributed by atoms with van der Waals surface area (Å²) in [4.78, 5) is 1.29. The van der Waals surface area contributed by atoms with E-state index in [1.54, 1.807) is 11.3 Å². The third-order valence-corrected chi connectivity index (χ3v) is 3.10. The van der Waals surface area contributed by atoms with Crippen LogP contribution in [-0.2, 0) is 13.2 Å². The van der Waals surface area contributed by atoms with E-state index in [4.69, 9.17) is 5.11 Å². The molecule has 1 aromatic heterocycles. The molecule has 0 bridgehead atoms. The Labute approximate surface area is 93.2 Å². The first-order valence-corrected chi connectivity index (χ1v) is 5.73. The van der Waals surface area contributed by atoms with E-state index in [1.165, 1.54) is 4.88 Å². The molecular formula is C12H13NOS. The van der Waals surface area contributed by atoms with Gasteiger partial charge in [0.1, 0.15) is 0 Å². The van der Waals surface area contributed by atoms with Gasteiger partial charge >= 0.3 is 0 Å². The Morgan fingerprint density at radius 2 is 2.00 bits per heavy atom. The van der Waals surface area contributed by atoms with Crippen LogP contribution in [0.5, 0.6) is 0 Å². The number of rotatable bonds is 4. The van der Waals surface area contributed by atoms with Crippen LogP contribution < -0.4 is 5.32 Å². The van der Waals surface area contributed by atoms with Gasteiger partial charge < -0.3 is 10.4 Å². The van der Waals surface area contributed by atoms with Crippen molar-refractivity contribution in [2.24, 2.45) is 0 Å². The Hall–Kier alpha value is -1.32. The SMILES string of the molecule is OCc1ccccc1NCc1cccs1. The van der Waals surface area contributed by atoms with Gasteiger partial charge in [-0.3, -0.25) is 0 Å². The first-order chi connectivity index (χ1) is 7.40. The molecule has 1 heterocycles. The number of para-hydroxylation sites is 1. The van der Waals surface area contributed by atoms with E-state index in [2.05, 4.69) is 16.8 Å². The molecule has 0 aliphatic heterocycles. The van der Waals surface area contributed by atoms with Crippen molar-refractivity contribution in [3.8, 4) is 0 Å². The van der Waals surface area contributed by atoms with E-state index in [0.717, 1.165) is 17.8 Å². The largest absolute Gasteiger partial charge is 0.392 e. The van der Waals surface area contributed by atoms with Gasteiger partial charge in [-0.05, 0) is 17.5 Å². The lowest BCUT2D eigenvalue weighted by Gasteiger charge is -2.08. The Balaban J connectivity index is 2.04. The van der Waals surface area contributed by atoms with Crippen LogP contribution in [0.3, 0.4) is 0 Å². The Morgan fingerprint density at radius 3 is 2.73 bits per heavy atom. The van der Waals surface area contributed by atoms with Crippen molar-refractivity contribution < 1.29 is 5.11 Å². The molecule has 0 amide bonds. The second-order valence-corrected chi connectivity index (χ2v) is 4.28. The fourth-order valence-corrected chi connectivity index (χ4v) is 2.07.